The molecule has 154 valence electrons. The first-order valence-corrected chi connectivity index (χ1v) is 11.4. The molecule has 0 bridgehead atoms. The number of hydrogen-bond acceptors (Lipinski definition) is 6. The number of aromatic nitrogens is 2. The lowest BCUT2D eigenvalue weighted by Gasteiger charge is -2.30. The lowest BCUT2D eigenvalue weighted by atomic mass is 10.0. The zero-order chi connectivity index (χ0) is 20.3. The van der Waals surface area contributed by atoms with Crippen LogP contribution >= 0.6 is 11.8 Å². The van der Waals surface area contributed by atoms with Crippen LogP contribution in [0.2, 0.25) is 0 Å². The summed E-state index contributed by atoms with van der Waals surface area (Å²) >= 11 is 1.48. The number of benzene rings is 2. The molecule has 7 heteroatoms. The first kappa shape index (κ1) is 19.3. The normalized spacial score (nSPS) is 16.5. The van der Waals surface area contributed by atoms with Gasteiger partial charge in [0.05, 0.1) is 30.0 Å². The van der Waals surface area contributed by atoms with Gasteiger partial charge in [0.1, 0.15) is 5.03 Å². The third-order valence-electron chi connectivity index (χ3n) is 5.58. The summed E-state index contributed by atoms with van der Waals surface area (Å²) < 4.78 is 5.50. The molecule has 2 aliphatic rings. The zero-order valence-electron chi connectivity index (χ0n) is 16.8. The summed E-state index contributed by atoms with van der Waals surface area (Å²) in [4.78, 5) is 27.0. The van der Waals surface area contributed by atoms with Gasteiger partial charge in [-0.25, -0.2) is 9.97 Å². The number of fused-ring (bicyclic) bond motifs is 2. The van der Waals surface area contributed by atoms with Crippen LogP contribution in [0, 0.1) is 0 Å². The Labute approximate surface area is 180 Å². The Morgan fingerprint density at radius 3 is 2.53 bits per heavy atom. The molecule has 30 heavy (non-hydrogen) atoms. The first-order valence-electron chi connectivity index (χ1n) is 10.4. The van der Waals surface area contributed by atoms with Gasteiger partial charge < -0.3 is 14.5 Å². The first-order chi connectivity index (χ1) is 14.8. The van der Waals surface area contributed by atoms with Crippen LogP contribution in [-0.4, -0.2) is 54.5 Å². The highest BCUT2D eigenvalue weighted by Gasteiger charge is 2.24. The molecule has 1 saturated heterocycles. The van der Waals surface area contributed by atoms with E-state index < -0.39 is 0 Å². The molecule has 0 N–H and O–H groups in total. The molecule has 0 unspecified atom stereocenters. The van der Waals surface area contributed by atoms with Crippen LogP contribution in [0.25, 0.3) is 11.0 Å². The number of morpholine rings is 1. The summed E-state index contributed by atoms with van der Waals surface area (Å²) in [5.41, 5.74) is 4.03. The van der Waals surface area contributed by atoms with Crippen LogP contribution in [0.3, 0.4) is 0 Å². The van der Waals surface area contributed by atoms with Crippen molar-refractivity contribution in [2.75, 3.05) is 48.4 Å². The standard InChI is InChI=1S/C23H24N4O2S/c28-21(27-11-5-7-17-6-1-4-10-20(17)27)16-30-23-22(26-12-14-29-15-13-26)24-18-8-2-3-9-19(18)25-23/h1-4,6,8-10H,5,7,11-16H2. The van der Waals surface area contributed by atoms with Gasteiger partial charge in [-0.3, -0.25) is 4.79 Å². The maximum absolute atomic E-state index is 13.1. The van der Waals surface area contributed by atoms with E-state index in [-0.39, 0.29) is 5.91 Å². The molecule has 0 atom stereocenters. The van der Waals surface area contributed by atoms with E-state index in [2.05, 4.69) is 11.0 Å². The summed E-state index contributed by atoms with van der Waals surface area (Å²) in [6, 6.07) is 16.1. The molecule has 1 aromatic heterocycles. The van der Waals surface area contributed by atoms with Gasteiger partial charge in [-0.15, -0.1) is 0 Å². The largest absolute Gasteiger partial charge is 0.378 e. The fraction of sp³-hybridized carbons (Fsp3) is 0.348. The number of carbonyl (C=O) groups excluding carboxylic acids is 1. The predicted molar refractivity (Wildman–Crippen MR) is 120 cm³/mol. The highest BCUT2D eigenvalue weighted by Crippen LogP contribution is 2.32. The Morgan fingerprint density at radius 1 is 0.967 bits per heavy atom. The minimum atomic E-state index is 0.120. The number of nitrogens with zero attached hydrogens (tertiary/aromatic N) is 4. The fourth-order valence-corrected chi connectivity index (χ4v) is 4.94. The SMILES string of the molecule is O=C(CSc1nc2ccccc2nc1N1CCOCC1)N1CCCc2ccccc21. The monoisotopic (exact) mass is 420 g/mol. The highest BCUT2D eigenvalue weighted by atomic mass is 32.2. The maximum atomic E-state index is 13.1. The van der Waals surface area contributed by atoms with Gasteiger partial charge in [-0.05, 0) is 36.6 Å². The lowest BCUT2D eigenvalue weighted by Crippen LogP contribution is -2.38. The van der Waals surface area contributed by atoms with Gasteiger partial charge in [0.25, 0.3) is 0 Å². The minimum absolute atomic E-state index is 0.120. The van der Waals surface area contributed by atoms with Crippen molar-refractivity contribution in [2.45, 2.75) is 17.9 Å². The maximum Gasteiger partial charge on any atom is 0.237 e. The highest BCUT2D eigenvalue weighted by molar-refractivity contribution is 8.00. The minimum Gasteiger partial charge on any atom is -0.378 e. The molecule has 0 spiro atoms. The summed E-state index contributed by atoms with van der Waals surface area (Å²) in [7, 11) is 0. The number of amides is 1. The van der Waals surface area contributed by atoms with Crippen LogP contribution in [0.1, 0.15) is 12.0 Å². The van der Waals surface area contributed by atoms with Crippen molar-refractivity contribution in [1.82, 2.24) is 9.97 Å². The Hall–Kier alpha value is -2.64. The number of anilines is 2. The second-order valence-corrected chi connectivity index (χ2v) is 8.47. The molecule has 0 saturated carbocycles. The van der Waals surface area contributed by atoms with Crippen molar-refractivity contribution >= 4 is 40.2 Å². The summed E-state index contributed by atoms with van der Waals surface area (Å²) in [6.45, 7) is 3.71. The van der Waals surface area contributed by atoms with Crippen molar-refractivity contribution in [3.05, 3.63) is 54.1 Å². The van der Waals surface area contributed by atoms with Crippen LogP contribution in [0.15, 0.2) is 53.6 Å². The molecular weight excluding hydrogens is 396 g/mol. The summed E-state index contributed by atoms with van der Waals surface area (Å²) in [5.74, 6) is 1.32. The van der Waals surface area contributed by atoms with Crippen LogP contribution in [-0.2, 0) is 16.0 Å². The van der Waals surface area contributed by atoms with E-state index in [4.69, 9.17) is 14.7 Å². The van der Waals surface area contributed by atoms with E-state index in [9.17, 15) is 4.79 Å². The summed E-state index contributed by atoms with van der Waals surface area (Å²) in [5, 5.41) is 0.814. The number of aryl methyl sites for hydroxylation is 1. The molecule has 2 aliphatic heterocycles. The van der Waals surface area contributed by atoms with E-state index in [1.165, 1.54) is 17.3 Å². The number of thioether (sulfide) groups is 1. The smallest absolute Gasteiger partial charge is 0.237 e. The number of ether oxygens (including phenoxy) is 1. The Kier molecular flexibility index (Phi) is 5.55. The summed E-state index contributed by atoms with van der Waals surface area (Å²) in [6.07, 6.45) is 2.03. The van der Waals surface area contributed by atoms with Crippen molar-refractivity contribution in [1.29, 1.82) is 0 Å². The molecule has 5 rings (SSSR count). The van der Waals surface area contributed by atoms with Gasteiger partial charge in [-0.1, -0.05) is 42.1 Å². The molecule has 6 nitrogen and oxygen atoms in total. The molecule has 1 fully saturated rings. The Bertz CT molecular complexity index is 1070. The van der Waals surface area contributed by atoms with E-state index in [1.807, 2.05) is 47.4 Å². The molecule has 3 aromatic rings. The van der Waals surface area contributed by atoms with E-state index in [1.54, 1.807) is 0 Å². The van der Waals surface area contributed by atoms with Crippen LogP contribution in [0.5, 0.6) is 0 Å². The number of carbonyl (C=O) groups is 1. The van der Waals surface area contributed by atoms with Crippen molar-refractivity contribution < 1.29 is 9.53 Å². The topological polar surface area (TPSA) is 58.6 Å². The van der Waals surface area contributed by atoms with Crippen molar-refractivity contribution in [2.24, 2.45) is 0 Å². The second-order valence-electron chi connectivity index (χ2n) is 7.51. The molecule has 0 aliphatic carbocycles. The number of para-hydroxylation sites is 3. The molecule has 0 radical (unpaired) electrons. The zero-order valence-corrected chi connectivity index (χ0v) is 17.6. The van der Waals surface area contributed by atoms with Crippen molar-refractivity contribution in [3.8, 4) is 0 Å². The third kappa shape index (κ3) is 3.87. The van der Waals surface area contributed by atoms with Crippen molar-refractivity contribution in [3.63, 3.8) is 0 Å². The Morgan fingerprint density at radius 2 is 1.70 bits per heavy atom. The number of hydrogen-bond donors (Lipinski definition) is 0. The average molecular weight is 421 g/mol. The van der Waals surface area contributed by atoms with Gasteiger partial charge in [0.15, 0.2) is 5.82 Å². The predicted octanol–water partition coefficient (Wildman–Crippen LogP) is 3.54. The Balaban J connectivity index is 1.40. The van der Waals surface area contributed by atoms with Gasteiger partial charge >= 0.3 is 0 Å². The van der Waals surface area contributed by atoms with Crippen LogP contribution in [0.4, 0.5) is 11.5 Å². The molecular formula is C23H24N4O2S. The van der Waals surface area contributed by atoms with E-state index in [0.29, 0.717) is 19.0 Å². The average Bonchev–Trinajstić information content (AvgIpc) is 2.82. The van der Waals surface area contributed by atoms with Gasteiger partial charge in [-0.2, -0.15) is 0 Å². The third-order valence-corrected chi connectivity index (χ3v) is 6.51. The fourth-order valence-electron chi connectivity index (χ4n) is 4.05. The van der Waals surface area contributed by atoms with Gasteiger partial charge in [0.2, 0.25) is 5.91 Å². The molecule has 1 amide bonds. The van der Waals surface area contributed by atoms with E-state index >= 15 is 0 Å². The van der Waals surface area contributed by atoms with E-state index in [0.717, 1.165) is 60.0 Å². The second kappa shape index (κ2) is 8.62. The lowest BCUT2D eigenvalue weighted by molar-refractivity contribution is -0.116. The van der Waals surface area contributed by atoms with Crippen LogP contribution < -0.4 is 9.80 Å². The van der Waals surface area contributed by atoms with Gasteiger partial charge in [0, 0.05) is 25.3 Å². The molecule has 3 heterocycles. The quantitative estimate of drug-likeness (QED) is 0.602. The number of rotatable bonds is 4. The molecule has 2 aromatic carbocycles.